The van der Waals surface area contributed by atoms with E-state index in [-0.39, 0.29) is 25.7 Å². The molecule has 84 heavy (non-hydrogen) atoms. The third-order valence-electron chi connectivity index (χ3n) is 15.2. The van der Waals surface area contributed by atoms with Gasteiger partial charge in [-0.3, -0.25) is 37.3 Å². The molecule has 0 rings (SSSR count). The Balaban J connectivity index is 5.40. The van der Waals surface area contributed by atoms with E-state index in [0.29, 0.717) is 25.7 Å². The maximum Gasteiger partial charge on any atom is 0.472 e. The highest BCUT2D eigenvalue weighted by molar-refractivity contribution is 7.47. The van der Waals surface area contributed by atoms with E-state index in [1.54, 1.807) is 0 Å². The van der Waals surface area contributed by atoms with Crippen molar-refractivity contribution in [3.63, 3.8) is 0 Å². The van der Waals surface area contributed by atoms with Gasteiger partial charge in [0.1, 0.15) is 19.3 Å². The molecule has 498 valence electrons. The highest BCUT2D eigenvalue weighted by atomic mass is 31.2. The second kappa shape index (κ2) is 60.0. The summed E-state index contributed by atoms with van der Waals surface area (Å²) in [4.78, 5) is 72.8. The van der Waals surface area contributed by atoms with Crippen molar-refractivity contribution in [2.75, 3.05) is 39.6 Å². The molecule has 0 aliphatic rings. The maximum absolute atomic E-state index is 13.2. The monoisotopic (exact) mass is 1240 g/mol. The molecule has 0 radical (unpaired) electrons. The summed E-state index contributed by atoms with van der Waals surface area (Å²) in [6.45, 7) is 4.67. The lowest BCUT2D eigenvalue weighted by atomic mass is 10.1. The molecule has 0 saturated heterocycles. The number of esters is 4. The van der Waals surface area contributed by atoms with Gasteiger partial charge < -0.3 is 33.8 Å². The zero-order chi connectivity index (χ0) is 61.9. The lowest BCUT2D eigenvalue weighted by Crippen LogP contribution is -2.30. The third-order valence-corrected chi connectivity index (χ3v) is 17.1. The van der Waals surface area contributed by atoms with Gasteiger partial charge in [0, 0.05) is 25.7 Å². The molecular formula is C65H126O17P2. The summed E-state index contributed by atoms with van der Waals surface area (Å²) in [5, 5.41) is 10.0. The Morgan fingerprint density at radius 3 is 0.762 bits per heavy atom. The number of aliphatic hydroxyl groups excluding tert-OH is 1. The first-order valence-electron chi connectivity index (χ1n) is 34.3. The summed E-state index contributed by atoms with van der Waals surface area (Å²) < 4.78 is 68.8. The second-order valence-corrected chi connectivity index (χ2v) is 26.3. The van der Waals surface area contributed by atoms with Crippen LogP contribution in [0.3, 0.4) is 0 Å². The third kappa shape index (κ3) is 57.8. The Bertz CT molecular complexity index is 1620. The van der Waals surface area contributed by atoms with Crippen molar-refractivity contribution in [3.8, 4) is 0 Å². The molecule has 0 aromatic heterocycles. The van der Waals surface area contributed by atoms with Crippen molar-refractivity contribution in [2.24, 2.45) is 0 Å². The first-order chi connectivity index (χ1) is 40.7. The predicted octanol–water partition coefficient (Wildman–Crippen LogP) is 18.3. The summed E-state index contributed by atoms with van der Waals surface area (Å²) in [5.74, 6) is -2.18. The molecule has 0 amide bonds. The van der Waals surface area contributed by atoms with E-state index in [0.717, 1.165) is 89.9 Å². The Hall–Kier alpha value is -1.94. The van der Waals surface area contributed by atoms with Gasteiger partial charge in [-0.25, -0.2) is 9.13 Å². The summed E-state index contributed by atoms with van der Waals surface area (Å²) in [6.07, 6.45) is 45.3. The van der Waals surface area contributed by atoms with Gasteiger partial charge in [-0.2, -0.15) is 0 Å². The Morgan fingerprint density at radius 1 is 0.298 bits per heavy atom. The fourth-order valence-electron chi connectivity index (χ4n) is 9.88. The largest absolute Gasteiger partial charge is 0.472 e. The van der Waals surface area contributed by atoms with Crippen LogP contribution in [0.5, 0.6) is 0 Å². The number of hydrogen-bond donors (Lipinski definition) is 3. The van der Waals surface area contributed by atoms with Gasteiger partial charge in [-0.15, -0.1) is 0 Å². The fraction of sp³-hybridized carbons (Fsp3) is 0.938. The van der Waals surface area contributed by atoms with Crippen molar-refractivity contribution in [1.82, 2.24) is 0 Å². The molecule has 2 unspecified atom stereocenters. The van der Waals surface area contributed by atoms with Crippen LogP contribution < -0.4 is 0 Å². The van der Waals surface area contributed by atoms with Crippen molar-refractivity contribution in [2.45, 2.75) is 354 Å². The van der Waals surface area contributed by atoms with E-state index < -0.39 is 97.5 Å². The molecule has 0 aliphatic heterocycles. The molecule has 5 atom stereocenters. The number of aliphatic hydroxyl groups is 1. The summed E-state index contributed by atoms with van der Waals surface area (Å²) in [7, 11) is -10.1. The fourth-order valence-corrected chi connectivity index (χ4v) is 11.6. The van der Waals surface area contributed by atoms with Crippen molar-refractivity contribution >= 4 is 39.5 Å². The lowest BCUT2D eigenvalue weighted by molar-refractivity contribution is -0.161. The zero-order valence-corrected chi connectivity index (χ0v) is 55.7. The highest BCUT2D eigenvalue weighted by Crippen LogP contribution is 2.47. The van der Waals surface area contributed by atoms with Gasteiger partial charge in [0.2, 0.25) is 0 Å². The second-order valence-electron chi connectivity index (χ2n) is 23.5. The predicted molar refractivity (Wildman–Crippen MR) is 335 cm³/mol. The van der Waals surface area contributed by atoms with Crippen LogP contribution in [-0.4, -0.2) is 96.7 Å². The molecule has 17 nitrogen and oxygen atoms in total. The van der Waals surface area contributed by atoms with Crippen LogP contribution in [-0.2, 0) is 65.4 Å². The minimum atomic E-state index is -5.08. The number of unbranched alkanes of at least 4 members (excludes halogenated alkanes) is 40. The van der Waals surface area contributed by atoms with Gasteiger partial charge in [0.05, 0.1) is 26.4 Å². The van der Waals surface area contributed by atoms with Crippen LogP contribution in [0.25, 0.3) is 0 Å². The van der Waals surface area contributed by atoms with Crippen LogP contribution in [0.2, 0.25) is 0 Å². The van der Waals surface area contributed by atoms with Gasteiger partial charge >= 0.3 is 39.5 Å². The first kappa shape index (κ1) is 82.1. The van der Waals surface area contributed by atoms with Crippen LogP contribution in [0, 0.1) is 0 Å². The average molecular weight is 1240 g/mol. The molecule has 0 fully saturated rings. The minimum absolute atomic E-state index is 0.0912. The Kier molecular flexibility index (Phi) is 58.6. The first-order valence-corrected chi connectivity index (χ1v) is 37.3. The van der Waals surface area contributed by atoms with Gasteiger partial charge in [0.25, 0.3) is 0 Å². The lowest BCUT2D eigenvalue weighted by Gasteiger charge is -2.23. The van der Waals surface area contributed by atoms with Gasteiger partial charge in [-0.1, -0.05) is 285 Å². The molecular weight excluding hydrogens is 1110 g/mol. The summed E-state index contributed by atoms with van der Waals surface area (Å²) in [6, 6.07) is 0. The molecule has 0 saturated carbocycles. The van der Waals surface area contributed by atoms with E-state index in [1.165, 1.54) is 167 Å². The minimum Gasteiger partial charge on any atom is -0.462 e. The van der Waals surface area contributed by atoms with Crippen LogP contribution >= 0.6 is 15.6 Å². The van der Waals surface area contributed by atoms with Crippen molar-refractivity contribution in [1.29, 1.82) is 0 Å². The van der Waals surface area contributed by atoms with Gasteiger partial charge in [-0.05, 0) is 25.7 Å². The number of ether oxygens (including phenoxy) is 4. The quantitative estimate of drug-likeness (QED) is 0.0222. The number of carbonyl (C=O) groups is 4. The normalized spacial score (nSPS) is 14.1. The molecule has 0 aromatic rings. The molecule has 3 N–H and O–H groups in total. The zero-order valence-electron chi connectivity index (χ0n) is 53.9. The molecule has 19 heteroatoms. The smallest absolute Gasteiger partial charge is 0.462 e. The highest BCUT2D eigenvalue weighted by Gasteiger charge is 2.33. The van der Waals surface area contributed by atoms with E-state index in [2.05, 4.69) is 27.7 Å². The summed E-state index contributed by atoms with van der Waals surface area (Å²) >= 11 is 0. The van der Waals surface area contributed by atoms with E-state index >= 15 is 0 Å². The topological polar surface area (TPSA) is 237 Å². The molecule has 0 aliphatic carbocycles. The van der Waals surface area contributed by atoms with Crippen LogP contribution in [0.4, 0.5) is 0 Å². The maximum atomic E-state index is 13.2. The van der Waals surface area contributed by atoms with E-state index in [1.807, 2.05) is 0 Å². The number of carbonyl (C=O) groups excluding carboxylic acids is 4. The molecule has 0 heterocycles. The number of phosphoric ester groups is 2. The number of rotatable bonds is 66. The van der Waals surface area contributed by atoms with E-state index in [4.69, 9.17) is 37.0 Å². The molecule has 0 bridgehead atoms. The SMILES string of the molecule is CCCCCCCCCCCCCC(=O)OC[C@H](COP(=O)(O)OC[C@H](CO)OP(=O)(O)OC[C@@H](COC(=O)CCCCCCCCCCCCC)OC(=O)CCCCCCCCCCCCC)OC(=O)CCCCCCCCCCCCC. The van der Waals surface area contributed by atoms with E-state index in [9.17, 15) is 43.2 Å². The molecule has 0 aromatic carbocycles. The van der Waals surface area contributed by atoms with Crippen molar-refractivity contribution in [3.05, 3.63) is 0 Å². The average Bonchev–Trinajstić information content (AvgIpc) is 3.47. The Morgan fingerprint density at radius 2 is 0.512 bits per heavy atom. The number of phosphoric acid groups is 2. The molecule has 0 spiro atoms. The Labute approximate surface area is 511 Å². The van der Waals surface area contributed by atoms with Crippen LogP contribution in [0.15, 0.2) is 0 Å². The summed E-state index contributed by atoms with van der Waals surface area (Å²) in [5.41, 5.74) is 0. The van der Waals surface area contributed by atoms with Crippen LogP contribution in [0.1, 0.15) is 336 Å². The van der Waals surface area contributed by atoms with Crippen molar-refractivity contribution < 1.29 is 80.2 Å². The number of hydrogen-bond acceptors (Lipinski definition) is 15. The standard InChI is InChI=1S/C65H126O17P2/c1-5-9-13-17-21-25-29-33-37-41-45-49-62(67)75-54-60(80-64(69)51-47-43-39-35-31-27-23-19-15-11-7-3)57-78-83(71,72)77-56-59(53-66)82-84(73,74)79-58-61(81-65(70)52-48-44-40-36-32-28-24-20-16-12-8-4)55-76-63(68)50-46-42-38-34-30-26-22-18-14-10-6-2/h59-61,66H,5-58H2,1-4H3,(H,71,72)(H,73,74)/t59-,60+,61+/m0/s1. The van der Waals surface area contributed by atoms with Gasteiger partial charge in [0.15, 0.2) is 12.2 Å².